The van der Waals surface area contributed by atoms with Crippen molar-refractivity contribution in [3.05, 3.63) is 59.7 Å². The molecule has 3 heterocycles. The molecule has 4 rings (SSSR count). The summed E-state index contributed by atoms with van der Waals surface area (Å²) in [6.07, 6.45) is 7.34. The van der Waals surface area contributed by atoms with Gasteiger partial charge in [0.1, 0.15) is 5.76 Å². The minimum Gasteiger partial charge on any atom is -0.468 e. The van der Waals surface area contributed by atoms with Gasteiger partial charge < -0.3 is 20.0 Å². The lowest BCUT2D eigenvalue weighted by Crippen LogP contribution is -2.43. The maximum absolute atomic E-state index is 5.71. The second-order valence-corrected chi connectivity index (χ2v) is 7.72. The second kappa shape index (κ2) is 9.18. The Kier molecular flexibility index (Phi) is 6.20. The largest absolute Gasteiger partial charge is 0.468 e. The standard InChI is InChI=1S/C23H31N5O/c1-17-7-5-8-19-22(17)18(15-26-19)10-11-25-23(24-2)27-16-20(21-9-6-14-29-21)28-12-3-4-13-28/h5-9,14-15,20,26H,3-4,10-13,16H2,1-2H3,(H2,24,25,27). The van der Waals surface area contributed by atoms with Crippen LogP contribution in [-0.4, -0.2) is 49.1 Å². The number of aromatic nitrogens is 1. The molecule has 3 aromatic rings. The summed E-state index contributed by atoms with van der Waals surface area (Å²) in [6, 6.07) is 10.7. The van der Waals surface area contributed by atoms with Crippen LogP contribution in [0.15, 0.2) is 52.2 Å². The van der Waals surface area contributed by atoms with Crippen LogP contribution in [0.5, 0.6) is 0 Å². The van der Waals surface area contributed by atoms with Crippen molar-refractivity contribution in [2.24, 2.45) is 4.99 Å². The van der Waals surface area contributed by atoms with Crippen molar-refractivity contribution in [3.63, 3.8) is 0 Å². The molecule has 0 bridgehead atoms. The molecule has 0 spiro atoms. The third-order valence-corrected chi connectivity index (χ3v) is 5.82. The molecule has 6 nitrogen and oxygen atoms in total. The van der Waals surface area contributed by atoms with E-state index >= 15 is 0 Å². The number of aryl methyl sites for hydroxylation is 1. The third-order valence-electron chi connectivity index (χ3n) is 5.82. The van der Waals surface area contributed by atoms with Crippen molar-refractivity contribution < 1.29 is 4.42 Å². The van der Waals surface area contributed by atoms with Gasteiger partial charge in [0.25, 0.3) is 0 Å². The van der Waals surface area contributed by atoms with Crippen LogP contribution in [0, 0.1) is 6.92 Å². The first kappa shape index (κ1) is 19.6. The number of furan rings is 1. The van der Waals surface area contributed by atoms with E-state index in [0.29, 0.717) is 0 Å². The van der Waals surface area contributed by atoms with Gasteiger partial charge >= 0.3 is 0 Å². The fourth-order valence-electron chi connectivity index (χ4n) is 4.32. The van der Waals surface area contributed by atoms with Crippen molar-refractivity contribution >= 4 is 16.9 Å². The van der Waals surface area contributed by atoms with Gasteiger partial charge in [-0.15, -0.1) is 0 Å². The molecular weight excluding hydrogens is 362 g/mol. The number of fused-ring (bicyclic) bond motifs is 1. The lowest BCUT2D eigenvalue weighted by molar-refractivity contribution is 0.215. The number of nitrogens with zero attached hydrogens (tertiary/aromatic N) is 2. The highest BCUT2D eigenvalue weighted by Crippen LogP contribution is 2.25. The van der Waals surface area contributed by atoms with Gasteiger partial charge in [0.05, 0.1) is 12.3 Å². The van der Waals surface area contributed by atoms with Crippen LogP contribution in [0.3, 0.4) is 0 Å². The summed E-state index contributed by atoms with van der Waals surface area (Å²) in [5.41, 5.74) is 3.86. The minimum atomic E-state index is 0.238. The quantitative estimate of drug-likeness (QED) is 0.424. The highest BCUT2D eigenvalue weighted by atomic mass is 16.3. The molecule has 154 valence electrons. The predicted octanol–water partition coefficient (Wildman–Crippen LogP) is 3.61. The Labute approximate surface area is 172 Å². The Balaban J connectivity index is 1.33. The third kappa shape index (κ3) is 4.48. The molecule has 1 aliphatic heterocycles. The van der Waals surface area contributed by atoms with Gasteiger partial charge in [-0.25, -0.2) is 0 Å². The number of nitrogens with one attached hydrogen (secondary N) is 3. The highest BCUT2D eigenvalue weighted by molar-refractivity contribution is 5.86. The van der Waals surface area contributed by atoms with Gasteiger partial charge in [-0.05, 0) is 68.6 Å². The number of hydrogen-bond donors (Lipinski definition) is 3. The van der Waals surface area contributed by atoms with E-state index in [1.54, 1.807) is 6.26 Å². The normalized spacial score (nSPS) is 16.4. The fourth-order valence-corrected chi connectivity index (χ4v) is 4.32. The molecule has 1 aromatic carbocycles. The Hall–Kier alpha value is -2.73. The van der Waals surface area contributed by atoms with Crippen molar-refractivity contribution in [2.45, 2.75) is 32.2 Å². The van der Waals surface area contributed by atoms with Gasteiger partial charge in [-0.3, -0.25) is 9.89 Å². The molecule has 29 heavy (non-hydrogen) atoms. The monoisotopic (exact) mass is 393 g/mol. The van der Waals surface area contributed by atoms with E-state index in [2.05, 4.69) is 62.9 Å². The molecule has 1 atom stereocenters. The molecule has 1 unspecified atom stereocenters. The maximum Gasteiger partial charge on any atom is 0.191 e. The van der Waals surface area contributed by atoms with Crippen LogP contribution in [0.2, 0.25) is 0 Å². The van der Waals surface area contributed by atoms with Crippen molar-refractivity contribution in [3.8, 4) is 0 Å². The lowest BCUT2D eigenvalue weighted by Gasteiger charge is -2.26. The Morgan fingerprint density at radius 3 is 2.83 bits per heavy atom. The van der Waals surface area contributed by atoms with Gasteiger partial charge in [0, 0.05) is 37.2 Å². The number of guanidine groups is 1. The lowest BCUT2D eigenvalue weighted by atomic mass is 10.1. The SMILES string of the molecule is CN=C(NCCc1c[nH]c2cccc(C)c12)NCC(c1ccco1)N1CCCC1. The number of aliphatic imine (C=N–C) groups is 1. The van der Waals surface area contributed by atoms with Crippen LogP contribution in [0.25, 0.3) is 10.9 Å². The Bertz CT molecular complexity index is 937. The summed E-state index contributed by atoms with van der Waals surface area (Å²) >= 11 is 0. The summed E-state index contributed by atoms with van der Waals surface area (Å²) in [4.78, 5) is 10.3. The van der Waals surface area contributed by atoms with Gasteiger partial charge in [0.15, 0.2) is 5.96 Å². The van der Waals surface area contributed by atoms with Crippen LogP contribution < -0.4 is 10.6 Å². The molecule has 1 aliphatic rings. The van der Waals surface area contributed by atoms with E-state index in [1.165, 1.54) is 34.9 Å². The summed E-state index contributed by atoms with van der Waals surface area (Å²) < 4.78 is 5.71. The van der Waals surface area contributed by atoms with Gasteiger partial charge in [-0.1, -0.05) is 12.1 Å². The molecule has 0 aliphatic carbocycles. The first-order valence-electron chi connectivity index (χ1n) is 10.5. The van der Waals surface area contributed by atoms with Crippen LogP contribution in [0.1, 0.15) is 35.8 Å². The van der Waals surface area contributed by atoms with E-state index in [4.69, 9.17) is 4.42 Å². The van der Waals surface area contributed by atoms with Crippen molar-refractivity contribution in [1.29, 1.82) is 0 Å². The molecule has 0 radical (unpaired) electrons. The van der Waals surface area contributed by atoms with E-state index in [9.17, 15) is 0 Å². The van der Waals surface area contributed by atoms with Crippen LogP contribution >= 0.6 is 0 Å². The van der Waals surface area contributed by atoms with E-state index in [1.807, 2.05) is 13.1 Å². The van der Waals surface area contributed by atoms with E-state index in [-0.39, 0.29) is 6.04 Å². The minimum absolute atomic E-state index is 0.238. The van der Waals surface area contributed by atoms with Crippen molar-refractivity contribution in [1.82, 2.24) is 20.5 Å². The highest BCUT2D eigenvalue weighted by Gasteiger charge is 2.25. The summed E-state index contributed by atoms with van der Waals surface area (Å²) in [6.45, 7) is 6.02. The van der Waals surface area contributed by atoms with Gasteiger partial charge in [0.2, 0.25) is 0 Å². The number of aromatic amines is 1. The first-order chi connectivity index (χ1) is 14.3. The molecule has 0 amide bonds. The number of hydrogen-bond acceptors (Lipinski definition) is 3. The molecule has 1 fully saturated rings. The number of likely N-dealkylation sites (tertiary alicyclic amines) is 1. The average molecular weight is 394 g/mol. The second-order valence-electron chi connectivity index (χ2n) is 7.72. The molecule has 0 saturated carbocycles. The first-order valence-corrected chi connectivity index (χ1v) is 10.5. The predicted molar refractivity (Wildman–Crippen MR) is 118 cm³/mol. The van der Waals surface area contributed by atoms with E-state index < -0.39 is 0 Å². The molecule has 1 saturated heterocycles. The van der Waals surface area contributed by atoms with Crippen LogP contribution in [0.4, 0.5) is 0 Å². The van der Waals surface area contributed by atoms with Crippen LogP contribution in [-0.2, 0) is 6.42 Å². The van der Waals surface area contributed by atoms with Crippen molar-refractivity contribution in [2.75, 3.05) is 33.2 Å². The zero-order valence-corrected chi connectivity index (χ0v) is 17.4. The summed E-state index contributed by atoms with van der Waals surface area (Å²) in [5.74, 6) is 1.85. The van der Waals surface area contributed by atoms with Gasteiger partial charge in [-0.2, -0.15) is 0 Å². The number of H-pyrrole nitrogens is 1. The molecule has 3 N–H and O–H groups in total. The number of benzene rings is 1. The maximum atomic E-state index is 5.71. The molecular formula is C23H31N5O. The van der Waals surface area contributed by atoms with E-state index in [0.717, 1.165) is 44.3 Å². The zero-order valence-electron chi connectivity index (χ0n) is 17.4. The zero-order chi connectivity index (χ0) is 20.1. The molecule has 2 aromatic heterocycles. The average Bonchev–Trinajstić information content (AvgIpc) is 3.49. The Morgan fingerprint density at radius 1 is 1.21 bits per heavy atom. The molecule has 6 heteroatoms. The Morgan fingerprint density at radius 2 is 2.07 bits per heavy atom. The summed E-state index contributed by atoms with van der Waals surface area (Å²) in [5, 5.41) is 8.29. The summed E-state index contributed by atoms with van der Waals surface area (Å²) in [7, 11) is 1.82. The smallest absolute Gasteiger partial charge is 0.191 e. The number of rotatable bonds is 7. The topological polar surface area (TPSA) is 68.6 Å². The fraction of sp³-hybridized carbons (Fsp3) is 0.435.